The van der Waals surface area contributed by atoms with E-state index in [1.807, 2.05) is 0 Å². The van der Waals surface area contributed by atoms with Gasteiger partial charge in [-0.25, -0.2) is 0 Å². The molecule has 0 aromatic heterocycles. The van der Waals surface area contributed by atoms with E-state index >= 15 is 0 Å². The third-order valence-corrected chi connectivity index (χ3v) is 8.01. The Labute approximate surface area is 126 Å². The van der Waals surface area contributed by atoms with E-state index in [9.17, 15) is 0 Å². The second-order valence-corrected chi connectivity index (χ2v) is 14.2. The number of benzene rings is 1. The molecule has 0 spiro atoms. The predicted octanol–water partition coefficient (Wildman–Crippen LogP) is 4.53. The molecule has 1 aromatic carbocycles. The van der Waals surface area contributed by atoms with Crippen molar-refractivity contribution in [3.8, 4) is 0 Å². The van der Waals surface area contributed by atoms with Gasteiger partial charge in [-0.15, -0.1) is 0 Å². The summed E-state index contributed by atoms with van der Waals surface area (Å²) in [5.41, 5.74) is 3.02. The quantitative estimate of drug-likeness (QED) is 0.678. The molecule has 0 nitrogen and oxygen atoms in total. The van der Waals surface area contributed by atoms with Crippen molar-refractivity contribution in [3.63, 3.8) is 0 Å². The maximum atomic E-state index is 2.34. The van der Waals surface area contributed by atoms with Crippen LogP contribution in [0.2, 0.25) is 8.63 Å². The molecular formula is C16H26Se2. The Morgan fingerprint density at radius 1 is 0.667 bits per heavy atom. The van der Waals surface area contributed by atoms with Crippen LogP contribution in [0.25, 0.3) is 0 Å². The first-order chi connectivity index (χ1) is 8.16. The van der Waals surface area contributed by atoms with Crippen molar-refractivity contribution >= 4 is 29.9 Å². The first-order valence-corrected chi connectivity index (χ1v) is 10.6. The molecule has 0 saturated carbocycles. The van der Waals surface area contributed by atoms with E-state index in [1.54, 1.807) is 0 Å². The Hall–Kier alpha value is 0.259. The van der Waals surface area contributed by atoms with Gasteiger partial charge in [0.15, 0.2) is 0 Å². The van der Waals surface area contributed by atoms with Gasteiger partial charge in [0.1, 0.15) is 0 Å². The van der Waals surface area contributed by atoms with Gasteiger partial charge in [0, 0.05) is 0 Å². The summed E-state index contributed by atoms with van der Waals surface area (Å²) in [5, 5.41) is 2.53. The predicted molar refractivity (Wildman–Crippen MR) is 84.8 cm³/mol. The van der Waals surface area contributed by atoms with Gasteiger partial charge >= 0.3 is 126 Å². The summed E-state index contributed by atoms with van der Waals surface area (Å²) in [7, 11) is 0. The molecular weight excluding hydrogens is 350 g/mol. The molecule has 1 aromatic rings. The summed E-state index contributed by atoms with van der Waals surface area (Å²) in [6.45, 7) is 14.0. The topological polar surface area (TPSA) is 0 Å². The molecule has 0 radical (unpaired) electrons. The molecule has 0 atom stereocenters. The average Bonchev–Trinajstić information content (AvgIpc) is 2.23. The van der Waals surface area contributed by atoms with Crippen LogP contribution in [0.1, 0.15) is 52.7 Å². The van der Waals surface area contributed by atoms with Crippen LogP contribution in [0, 0.1) is 0 Å². The fourth-order valence-corrected chi connectivity index (χ4v) is 4.66. The summed E-state index contributed by atoms with van der Waals surface area (Å²) in [6.07, 6.45) is 0. The minimum atomic E-state index is 0.501. The van der Waals surface area contributed by atoms with Crippen molar-refractivity contribution < 1.29 is 0 Å². The van der Waals surface area contributed by atoms with E-state index in [-0.39, 0.29) is 0 Å². The van der Waals surface area contributed by atoms with Gasteiger partial charge in [0.2, 0.25) is 0 Å². The van der Waals surface area contributed by atoms with E-state index < -0.39 is 0 Å². The third-order valence-electron chi connectivity index (χ3n) is 2.37. The molecule has 2 heteroatoms. The van der Waals surface area contributed by atoms with Gasteiger partial charge in [0.05, 0.1) is 0 Å². The first kappa shape index (κ1) is 16.3. The fourth-order valence-electron chi connectivity index (χ4n) is 1.33. The van der Waals surface area contributed by atoms with Crippen molar-refractivity contribution in [2.24, 2.45) is 0 Å². The molecule has 0 bridgehead atoms. The molecule has 0 aliphatic rings. The van der Waals surface area contributed by atoms with Crippen LogP contribution in [0.15, 0.2) is 24.3 Å². The van der Waals surface area contributed by atoms with E-state index in [4.69, 9.17) is 0 Å². The summed E-state index contributed by atoms with van der Waals surface area (Å²) in [5.74, 6) is 0. The van der Waals surface area contributed by atoms with Crippen molar-refractivity contribution in [2.75, 3.05) is 0 Å². The molecule has 0 N–H and O–H groups in total. The van der Waals surface area contributed by atoms with Gasteiger partial charge < -0.3 is 0 Å². The van der Waals surface area contributed by atoms with Crippen LogP contribution in [0.4, 0.5) is 0 Å². The molecule has 1 rings (SSSR count). The molecule has 0 unspecified atom stereocenters. The zero-order valence-corrected chi connectivity index (χ0v) is 16.0. The maximum absolute atomic E-state index is 2.34. The average molecular weight is 376 g/mol. The van der Waals surface area contributed by atoms with Gasteiger partial charge in [-0.3, -0.25) is 0 Å². The SMILES string of the molecule is CC(C)(C)[Se]Cc1ccc(C[Se]C(C)(C)C)cc1. The molecule has 0 amide bonds. The standard InChI is InChI=1S/C16H26Se2/c1-15(2,3)17-11-13-7-9-14(10-8-13)12-18-16(4,5)6/h7-10H,11-12H2,1-6H3. The normalized spacial score (nSPS) is 12.8. The van der Waals surface area contributed by atoms with Crippen molar-refractivity contribution in [1.82, 2.24) is 0 Å². The summed E-state index contributed by atoms with van der Waals surface area (Å²) in [6, 6.07) is 9.34. The molecule has 18 heavy (non-hydrogen) atoms. The number of hydrogen-bond acceptors (Lipinski definition) is 0. The van der Waals surface area contributed by atoms with Crippen molar-refractivity contribution in [3.05, 3.63) is 35.4 Å². The summed E-state index contributed by atoms with van der Waals surface area (Å²) in [4.78, 5) is 0. The summed E-state index contributed by atoms with van der Waals surface area (Å²) >= 11 is 1.40. The monoisotopic (exact) mass is 378 g/mol. The molecule has 0 fully saturated rings. The minimum absolute atomic E-state index is 0.501. The molecule has 0 aliphatic carbocycles. The number of hydrogen-bond donors (Lipinski definition) is 0. The summed E-state index contributed by atoms with van der Waals surface area (Å²) < 4.78 is 1.00. The van der Waals surface area contributed by atoms with E-state index in [1.165, 1.54) is 21.8 Å². The first-order valence-electron chi connectivity index (χ1n) is 6.51. The van der Waals surface area contributed by atoms with Crippen LogP contribution in [0.3, 0.4) is 0 Å². The van der Waals surface area contributed by atoms with Crippen LogP contribution in [-0.2, 0) is 10.6 Å². The second kappa shape index (κ2) is 6.62. The van der Waals surface area contributed by atoms with E-state index in [2.05, 4.69) is 65.8 Å². The molecule has 102 valence electrons. The molecule has 0 aliphatic heterocycles. The Morgan fingerprint density at radius 2 is 0.944 bits per heavy atom. The van der Waals surface area contributed by atoms with E-state index in [0.717, 1.165) is 0 Å². The van der Waals surface area contributed by atoms with Crippen LogP contribution in [-0.4, -0.2) is 29.9 Å². The van der Waals surface area contributed by atoms with Gasteiger partial charge in [-0.05, 0) is 0 Å². The molecule has 0 saturated heterocycles. The van der Waals surface area contributed by atoms with Crippen molar-refractivity contribution in [1.29, 1.82) is 0 Å². The zero-order chi connectivity index (χ0) is 13.8. The van der Waals surface area contributed by atoms with Crippen LogP contribution < -0.4 is 0 Å². The van der Waals surface area contributed by atoms with Crippen LogP contribution in [0.5, 0.6) is 0 Å². The number of rotatable bonds is 4. The Morgan fingerprint density at radius 3 is 1.17 bits per heavy atom. The van der Waals surface area contributed by atoms with Crippen LogP contribution >= 0.6 is 0 Å². The zero-order valence-electron chi connectivity index (χ0n) is 12.5. The Bertz CT molecular complexity index is 315. The van der Waals surface area contributed by atoms with E-state index in [0.29, 0.717) is 38.5 Å². The van der Waals surface area contributed by atoms with Gasteiger partial charge in [0.25, 0.3) is 0 Å². The molecule has 0 heterocycles. The second-order valence-electron chi connectivity index (χ2n) is 6.62. The fraction of sp³-hybridized carbons (Fsp3) is 0.625. The Balaban J connectivity index is 2.48. The Kier molecular flexibility index (Phi) is 6.00. The van der Waals surface area contributed by atoms with Crippen molar-refractivity contribution in [2.45, 2.75) is 60.8 Å². The van der Waals surface area contributed by atoms with Gasteiger partial charge in [-0.2, -0.15) is 0 Å². The van der Waals surface area contributed by atoms with Gasteiger partial charge in [-0.1, -0.05) is 0 Å². The third kappa shape index (κ3) is 7.64.